The minimum absolute atomic E-state index is 0.381. The Kier molecular flexibility index (Phi) is 3.95. The number of anilines is 2. The van der Waals surface area contributed by atoms with Gasteiger partial charge in [0.05, 0.1) is 5.56 Å². The first-order valence-electron chi connectivity index (χ1n) is 6.63. The van der Waals surface area contributed by atoms with Crippen molar-refractivity contribution in [2.24, 2.45) is 5.73 Å². The zero-order chi connectivity index (χ0) is 14.0. The Morgan fingerprint density at radius 3 is 2.84 bits per heavy atom. The van der Waals surface area contributed by atoms with Crippen molar-refractivity contribution >= 4 is 17.3 Å². The van der Waals surface area contributed by atoms with Crippen LogP contribution in [0.3, 0.4) is 0 Å². The van der Waals surface area contributed by atoms with Gasteiger partial charge in [-0.05, 0) is 45.0 Å². The number of primary amides is 1. The number of benzene rings is 1. The Morgan fingerprint density at radius 2 is 2.21 bits per heavy atom. The number of nitrogen functional groups attached to an aromatic ring is 1. The fraction of sp³-hybridized carbons (Fsp3) is 0.500. The average Bonchev–Trinajstić information content (AvgIpc) is 2.36. The van der Waals surface area contributed by atoms with Crippen LogP contribution >= 0.6 is 0 Å². The normalized spacial score (nSPS) is 24.1. The molecule has 0 saturated carbocycles. The van der Waals surface area contributed by atoms with Crippen molar-refractivity contribution in [2.75, 3.05) is 24.6 Å². The van der Waals surface area contributed by atoms with Gasteiger partial charge in [0.25, 0.3) is 5.91 Å². The van der Waals surface area contributed by atoms with Gasteiger partial charge in [-0.3, -0.25) is 4.79 Å². The van der Waals surface area contributed by atoms with Crippen molar-refractivity contribution in [3.63, 3.8) is 0 Å². The molecule has 2 atom stereocenters. The van der Waals surface area contributed by atoms with Gasteiger partial charge in [-0.2, -0.15) is 0 Å². The number of amides is 1. The second-order valence-electron chi connectivity index (χ2n) is 5.36. The molecular weight excluding hydrogens is 240 g/mol. The quantitative estimate of drug-likeness (QED) is 0.716. The number of nitrogens with two attached hydrogens (primary N) is 2. The van der Waals surface area contributed by atoms with E-state index < -0.39 is 5.91 Å². The molecule has 1 amide bonds. The lowest BCUT2D eigenvalue weighted by molar-refractivity contribution is 0.100. The third-order valence-electron chi connectivity index (χ3n) is 3.90. The van der Waals surface area contributed by atoms with Crippen molar-refractivity contribution in [2.45, 2.75) is 31.8 Å². The number of hydrogen-bond acceptors (Lipinski definition) is 4. The molecule has 5 nitrogen and oxygen atoms in total. The van der Waals surface area contributed by atoms with E-state index in [-0.39, 0.29) is 0 Å². The maximum Gasteiger partial charge on any atom is 0.250 e. The van der Waals surface area contributed by atoms with Gasteiger partial charge in [-0.15, -0.1) is 0 Å². The van der Waals surface area contributed by atoms with Crippen LogP contribution in [0.2, 0.25) is 0 Å². The summed E-state index contributed by atoms with van der Waals surface area (Å²) in [6.07, 6.45) is 2.18. The fourth-order valence-corrected chi connectivity index (χ4v) is 2.52. The lowest BCUT2D eigenvalue weighted by Crippen LogP contribution is -2.42. The Balaban J connectivity index is 2.07. The molecule has 2 unspecified atom stereocenters. The molecule has 1 aromatic carbocycles. The molecule has 0 aromatic heterocycles. The summed E-state index contributed by atoms with van der Waals surface area (Å²) in [6, 6.07) is 6.35. The van der Waals surface area contributed by atoms with E-state index in [1.807, 2.05) is 6.07 Å². The van der Waals surface area contributed by atoms with Gasteiger partial charge < -0.3 is 21.7 Å². The minimum Gasteiger partial charge on any atom is -0.398 e. The summed E-state index contributed by atoms with van der Waals surface area (Å²) in [4.78, 5) is 13.6. The first-order valence-corrected chi connectivity index (χ1v) is 6.63. The summed E-state index contributed by atoms with van der Waals surface area (Å²) in [5, 5.41) is 3.46. The van der Waals surface area contributed by atoms with Crippen LogP contribution in [-0.4, -0.2) is 36.5 Å². The van der Waals surface area contributed by atoms with Crippen LogP contribution in [-0.2, 0) is 0 Å². The Bertz CT molecular complexity index is 475. The van der Waals surface area contributed by atoms with Crippen molar-refractivity contribution in [3.05, 3.63) is 23.8 Å². The number of likely N-dealkylation sites (tertiary alicyclic amines) is 1. The number of piperidine rings is 1. The van der Waals surface area contributed by atoms with E-state index in [0.717, 1.165) is 25.1 Å². The summed E-state index contributed by atoms with van der Waals surface area (Å²) >= 11 is 0. The topological polar surface area (TPSA) is 84.4 Å². The summed E-state index contributed by atoms with van der Waals surface area (Å²) in [5.74, 6) is -0.488. The molecule has 1 aliphatic heterocycles. The Morgan fingerprint density at radius 1 is 1.47 bits per heavy atom. The van der Waals surface area contributed by atoms with E-state index >= 15 is 0 Å². The van der Waals surface area contributed by atoms with Crippen LogP contribution in [0.4, 0.5) is 11.4 Å². The molecule has 1 aromatic rings. The first-order chi connectivity index (χ1) is 8.97. The second kappa shape index (κ2) is 5.48. The predicted octanol–water partition coefficient (Wildman–Crippen LogP) is 1.26. The molecule has 0 radical (unpaired) electrons. The number of nitrogens with zero attached hydrogens (tertiary/aromatic N) is 1. The van der Waals surface area contributed by atoms with Crippen LogP contribution in [0.1, 0.15) is 30.1 Å². The third kappa shape index (κ3) is 3.17. The van der Waals surface area contributed by atoms with Crippen molar-refractivity contribution in [1.29, 1.82) is 0 Å². The maximum absolute atomic E-state index is 11.3. The highest BCUT2D eigenvalue weighted by molar-refractivity contribution is 5.98. The molecule has 1 heterocycles. The molecular formula is C14H22N4O. The van der Waals surface area contributed by atoms with Gasteiger partial charge in [-0.25, -0.2) is 0 Å². The van der Waals surface area contributed by atoms with Crippen LogP contribution < -0.4 is 16.8 Å². The third-order valence-corrected chi connectivity index (χ3v) is 3.90. The van der Waals surface area contributed by atoms with Gasteiger partial charge in [0.2, 0.25) is 0 Å². The molecule has 0 spiro atoms. The van der Waals surface area contributed by atoms with Crippen LogP contribution in [0, 0.1) is 0 Å². The van der Waals surface area contributed by atoms with E-state index in [9.17, 15) is 4.79 Å². The second-order valence-corrected chi connectivity index (χ2v) is 5.36. The molecule has 1 saturated heterocycles. The highest BCUT2D eigenvalue weighted by Crippen LogP contribution is 2.22. The number of carbonyl (C=O) groups is 1. The van der Waals surface area contributed by atoms with E-state index in [0.29, 0.717) is 23.3 Å². The molecule has 1 aliphatic rings. The monoisotopic (exact) mass is 262 g/mol. The van der Waals surface area contributed by atoms with Crippen LogP contribution in [0.15, 0.2) is 18.2 Å². The zero-order valence-electron chi connectivity index (χ0n) is 11.5. The molecule has 1 fully saturated rings. The van der Waals surface area contributed by atoms with Crippen molar-refractivity contribution < 1.29 is 4.79 Å². The minimum atomic E-state index is -0.488. The van der Waals surface area contributed by atoms with Gasteiger partial charge in [0.1, 0.15) is 0 Å². The number of hydrogen-bond donors (Lipinski definition) is 3. The summed E-state index contributed by atoms with van der Waals surface area (Å²) in [7, 11) is 2.15. The number of carbonyl (C=O) groups excluding carboxylic acids is 1. The molecule has 0 bridgehead atoms. The largest absolute Gasteiger partial charge is 0.398 e. The highest BCUT2D eigenvalue weighted by atomic mass is 16.1. The van der Waals surface area contributed by atoms with Gasteiger partial charge in [0, 0.05) is 30.0 Å². The molecule has 5 heteroatoms. The van der Waals surface area contributed by atoms with Gasteiger partial charge in [0.15, 0.2) is 0 Å². The van der Waals surface area contributed by atoms with Crippen LogP contribution in [0.5, 0.6) is 0 Å². The fourth-order valence-electron chi connectivity index (χ4n) is 2.52. The van der Waals surface area contributed by atoms with Gasteiger partial charge in [-0.1, -0.05) is 0 Å². The summed E-state index contributed by atoms with van der Waals surface area (Å²) < 4.78 is 0. The molecule has 5 N–H and O–H groups in total. The lowest BCUT2D eigenvalue weighted by atomic mass is 9.98. The molecule has 2 rings (SSSR count). The lowest BCUT2D eigenvalue weighted by Gasteiger charge is -2.35. The Hall–Kier alpha value is -1.75. The average molecular weight is 262 g/mol. The molecule has 19 heavy (non-hydrogen) atoms. The molecule has 0 aliphatic carbocycles. The van der Waals surface area contributed by atoms with E-state index in [2.05, 4.69) is 24.2 Å². The standard InChI is InChI=1S/C14H22N4O/c1-9-7-11(5-6-18(9)2)17-10-3-4-13(15)12(8-10)14(16)19/h3-4,8-9,11,17H,5-7,15H2,1-2H3,(H2,16,19). The maximum atomic E-state index is 11.3. The first kappa shape index (κ1) is 13.7. The smallest absolute Gasteiger partial charge is 0.250 e. The highest BCUT2D eigenvalue weighted by Gasteiger charge is 2.22. The van der Waals surface area contributed by atoms with Crippen molar-refractivity contribution in [3.8, 4) is 0 Å². The van der Waals surface area contributed by atoms with E-state index in [1.165, 1.54) is 0 Å². The SMILES string of the molecule is CC1CC(Nc2ccc(N)c(C(N)=O)c2)CCN1C. The number of rotatable bonds is 3. The number of nitrogens with one attached hydrogen (secondary N) is 1. The van der Waals surface area contributed by atoms with E-state index in [4.69, 9.17) is 11.5 Å². The van der Waals surface area contributed by atoms with Crippen LogP contribution in [0.25, 0.3) is 0 Å². The zero-order valence-corrected chi connectivity index (χ0v) is 11.5. The summed E-state index contributed by atoms with van der Waals surface area (Å²) in [5.41, 5.74) is 12.7. The van der Waals surface area contributed by atoms with E-state index in [1.54, 1.807) is 12.1 Å². The predicted molar refractivity (Wildman–Crippen MR) is 78.1 cm³/mol. The Labute approximate surface area is 113 Å². The molecule has 104 valence electrons. The van der Waals surface area contributed by atoms with Crippen molar-refractivity contribution in [1.82, 2.24) is 4.90 Å². The van der Waals surface area contributed by atoms with Gasteiger partial charge >= 0.3 is 0 Å². The summed E-state index contributed by atoms with van der Waals surface area (Å²) in [6.45, 7) is 3.31.